The summed E-state index contributed by atoms with van der Waals surface area (Å²) in [7, 11) is 0. The molecule has 1 aromatic carbocycles. The fourth-order valence-electron chi connectivity index (χ4n) is 1.37. The Morgan fingerprint density at radius 3 is 2.50 bits per heavy atom. The lowest BCUT2D eigenvalue weighted by molar-refractivity contribution is 0.0951. The molecule has 1 N–H and O–H groups in total. The highest BCUT2D eigenvalue weighted by molar-refractivity contribution is 5.94. The van der Waals surface area contributed by atoms with E-state index in [0.29, 0.717) is 12.1 Å². The number of rotatable bonds is 3. The van der Waals surface area contributed by atoms with Gasteiger partial charge in [0, 0.05) is 25.9 Å². The topological polar surface area (TPSA) is 42.0 Å². The van der Waals surface area contributed by atoms with Crippen molar-refractivity contribution < 1.29 is 6.22 Å². The molecule has 0 saturated carbocycles. The standard InChI is InChI=1S/C13H12N2O.H2/c16-13(12-4-2-1-3-5-12)15-10-11-6-8-14-9-7-11;/h1-9H,10H2,(H,15,16);1H. The van der Waals surface area contributed by atoms with Crippen molar-refractivity contribution in [3.05, 3.63) is 66.0 Å². The fourth-order valence-corrected chi connectivity index (χ4v) is 1.37. The van der Waals surface area contributed by atoms with Gasteiger partial charge in [-0.05, 0) is 29.8 Å². The molecule has 1 heterocycles. The molecular formula is C13H14N2O. The van der Waals surface area contributed by atoms with Crippen molar-refractivity contribution in [1.82, 2.24) is 10.3 Å². The lowest BCUT2D eigenvalue weighted by Gasteiger charge is -2.04. The maximum Gasteiger partial charge on any atom is 0.251 e. The van der Waals surface area contributed by atoms with Crippen molar-refractivity contribution in [2.45, 2.75) is 6.54 Å². The number of hydrogen-bond acceptors (Lipinski definition) is 2. The van der Waals surface area contributed by atoms with Crippen molar-refractivity contribution in [3.63, 3.8) is 0 Å². The van der Waals surface area contributed by atoms with Gasteiger partial charge in [-0.25, -0.2) is 0 Å². The molecule has 0 saturated heterocycles. The molecule has 0 aliphatic heterocycles. The summed E-state index contributed by atoms with van der Waals surface area (Å²) in [5.74, 6) is -0.0580. The van der Waals surface area contributed by atoms with Crippen LogP contribution in [-0.2, 0) is 6.54 Å². The molecule has 0 spiro atoms. The average Bonchev–Trinajstić information content (AvgIpc) is 2.38. The number of nitrogens with zero attached hydrogens (tertiary/aromatic N) is 1. The van der Waals surface area contributed by atoms with E-state index in [2.05, 4.69) is 10.3 Å². The van der Waals surface area contributed by atoms with Gasteiger partial charge in [0.1, 0.15) is 0 Å². The Labute approximate surface area is 95.6 Å². The zero-order chi connectivity index (χ0) is 11.2. The SMILES string of the molecule is O=C(NCc1ccncc1)c1ccccc1.[HH]. The Hall–Kier alpha value is -2.16. The van der Waals surface area contributed by atoms with Gasteiger partial charge in [-0.1, -0.05) is 18.2 Å². The second kappa shape index (κ2) is 5.07. The van der Waals surface area contributed by atoms with E-state index in [4.69, 9.17) is 0 Å². The number of amides is 1. The van der Waals surface area contributed by atoms with Crippen LogP contribution in [0.25, 0.3) is 0 Å². The molecule has 0 atom stereocenters. The first-order valence-corrected chi connectivity index (χ1v) is 5.08. The predicted octanol–water partition coefficient (Wildman–Crippen LogP) is 2.26. The zero-order valence-electron chi connectivity index (χ0n) is 8.76. The minimum Gasteiger partial charge on any atom is -0.348 e. The summed E-state index contributed by atoms with van der Waals surface area (Å²) in [6.07, 6.45) is 3.42. The third-order valence-electron chi connectivity index (χ3n) is 2.24. The first-order valence-electron chi connectivity index (χ1n) is 5.08. The van der Waals surface area contributed by atoms with E-state index >= 15 is 0 Å². The average molecular weight is 214 g/mol. The fraction of sp³-hybridized carbons (Fsp3) is 0.0769. The molecule has 0 fully saturated rings. The summed E-state index contributed by atoms with van der Waals surface area (Å²) >= 11 is 0. The number of nitrogens with one attached hydrogen (secondary N) is 1. The van der Waals surface area contributed by atoms with E-state index < -0.39 is 0 Å². The van der Waals surface area contributed by atoms with Gasteiger partial charge >= 0.3 is 0 Å². The Morgan fingerprint density at radius 1 is 1.12 bits per heavy atom. The highest BCUT2D eigenvalue weighted by Crippen LogP contribution is 2.00. The van der Waals surface area contributed by atoms with Crippen LogP contribution in [0, 0.1) is 0 Å². The summed E-state index contributed by atoms with van der Waals surface area (Å²) in [5.41, 5.74) is 1.72. The van der Waals surface area contributed by atoms with E-state index in [0.717, 1.165) is 5.56 Å². The van der Waals surface area contributed by atoms with Crippen LogP contribution < -0.4 is 5.32 Å². The first-order chi connectivity index (χ1) is 7.86. The van der Waals surface area contributed by atoms with Crippen molar-refractivity contribution >= 4 is 5.91 Å². The molecule has 3 heteroatoms. The first kappa shape index (κ1) is 10.4. The molecule has 82 valence electrons. The Balaban J connectivity index is 0.00000144. The summed E-state index contributed by atoms with van der Waals surface area (Å²) in [4.78, 5) is 15.6. The predicted molar refractivity (Wildman–Crippen MR) is 64.0 cm³/mol. The summed E-state index contributed by atoms with van der Waals surface area (Å²) in [6, 6.07) is 12.9. The number of hydrogen-bond donors (Lipinski definition) is 1. The van der Waals surface area contributed by atoms with Crippen LogP contribution in [-0.4, -0.2) is 10.9 Å². The second-order valence-corrected chi connectivity index (χ2v) is 3.40. The Kier molecular flexibility index (Phi) is 3.28. The number of pyridine rings is 1. The molecule has 0 unspecified atom stereocenters. The largest absolute Gasteiger partial charge is 0.348 e. The molecule has 0 aliphatic carbocycles. The molecule has 2 rings (SSSR count). The van der Waals surface area contributed by atoms with Gasteiger partial charge in [-0.3, -0.25) is 9.78 Å². The summed E-state index contributed by atoms with van der Waals surface area (Å²) < 4.78 is 0. The van der Waals surface area contributed by atoms with Crippen LogP contribution in [0.3, 0.4) is 0 Å². The third kappa shape index (κ3) is 2.67. The van der Waals surface area contributed by atoms with E-state index in [1.54, 1.807) is 24.5 Å². The van der Waals surface area contributed by atoms with Gasteiger partial charge in [0.05, 0.1) is 0 Å². The smallest absolute Gasteiger partial charge is 0.251 e. The maximum absolute atomic E-state index is 11.7. The van der Waals surface area contributed by atoms with Crippen LogP contribution in [0.4, 0.5) is 0 Å². The minimum atomic E-state index is -0.0580. The van der Waals surface area contributed by atoms with Crippen molar-refractivity contribution in [3.8, 4) is 0 Å². The van der Waals surface area contributed by atoms with E-state index in [9.17, 15) is 4.79 Å². The molecule has 0 aliphatic rings. The number of carbonyl (C=O) groups excluding carboxylic acids is 1. The van der Waals surface area contributed by atoms with Crippen LogP contribution in [0.2, 0.25) is 0 Å². The number of carbonyl (C=O) groups is 1. The normalized spacial score (nSPS) is 9.75. The molecular weight excluding hydrogens is 200 g/mol. The molecule has 0 radical (unpaired) electrons. The van der Waals surface area contributed by atoms with Gasteiger partial charge in [0.2, 0.25) is 0 Å². The maximum atomic E-state index is 11.7. The number of benzene rings is 1. The zero-order valence-corrected chi connectivity index (χ0v) is 8.76. The quantitative estimate of drug-likeness (QED) is 0.851. The minimum absolute atomic E-state index is 0. The van der Waals surface area contributed by atoms with Crippen LogP contribution in [0.5, 0.6) is 0 Å². The molecule has 3 nitrogen and oxygen atoms in total. The van der Waals surface area contributed by atoms with Gasteiger partial charge in [-0.15, -0.1) is 0 Å². The van der Waals surface area contributed by atoms with Gasteiger partial charge < -0.3 is 5.32 Å². The molecule has 0 bridgehead atoms. The van der Waals surface area contributed by atoms with Crippen LogP contribution >= 0.6 is 0 Å². The molecule has 16 heavy (non-hydrogen) atoms. The van der Waals surface area contributed by atoms with Gasteiger partial charge in [0.15, 0.2) is 0 Å². The highest BCUT2D eigenvalue weighted by atomic mass is 16.1. The van der Waals surface area contributed by atoms with Crippen LogP contribution in [0.15, 0.2) is 54.9 Å². The van der Waals surface area contributed by atoms with E-state index in [-0.39, 0.29) is 7.33 Å². The lowest BCUT2D eigenvalue weighted by Crippen LogP contribution is -2.22. The molecule has 1 aromatic heterocycles. The van der Waals surface area contributed by atoms with Crippen molar-refractivity contribution in [2.24, 2.45) is 0 Å². The third-order valence-corrected chi connectivity index (χ3v) is 2.24. The van der Waals surface area contributed by atoms with Crippen molar-refractivity contribution in [2.75, 3.05) is 0 Å². The molecule has 2 aromatic rings. The van der Waals surface area contributed by atoms with Gasteiger partial charge in [-0.2, -0.15) is 0 Å². The summed E-state index contributed by atoms with van der Waals surface area (Å²) in [5, 5.41) is 2.85. The number of aromatic nitrogens is 1. The van der Waals surface area contributed by atoms with Crippen LogP contribution in [0.1, 0.15) is 17.3 Å². The molecule has 1 amide bonds. The van der Waals surface area contributed by atoms with Gasteiger partial charge in [0.25, 0.3) is 5.91 Å². The highest BCUT2D eigenvalue weighted by Gasteiger charge is 2.02. The summed E-state index contributed by atoms with van der Waals surface area (Å²) in [6.45, 7) is 0.524. The van der Waals surface area contributed by atoms with E-state index in [1.807, 2.05) is 30.3 Å². The lowest BCUT2D eigenvalue weighted by atomic mass is 10.2. The monoisotopic (exact) mass is 214 g/mol. The second-order valence-electron chi connectivity index (χ2n) is 3.40. The Bertz CT molecular complexity index is 459. The van der Waals surface area contributed by atoms with E-state index in [1.165, 1.54) is 0 Å². The van der Waals surface area contributed by atoms with Crippen molar-refractivity contribution in [1.29, 1.82) is 0 Å². The Morgan fingerprint density at radius 2 is 1.81 bits per heavy atom.